The number of para-hydroxylation sites is 2. The van der Waals surface area contributed by atoms with Crippen LogP contribution in [0.1, 0.15) is 24.7 Å². The molecule has 0 saturated carbocycles. The first-order valence-electron chi connectivity index (χ1n) is 6.49. The third kappa shape index (κ3) is 1.76. The van der Waals surface area contributed by atoms with Gasteiger partial charge in [-0.05, 0) is 25.0 Å². The minimum atomic E-state index is 0.178. The van der Waals surface area contributed by atoms with Crippen molar-refractivity contribution < 1.29 is 0 Å². The topological polar surface area (TPSA) is 71.4 Å². The zero-order valence-corrected chi connectivity index (χ0v) is 10.4. The molecular weight excluding hydrogens is 240 g/mol. The van der Waals surface area contributed by atoms with Crippen molar-refractivity contribution in [2.45, 2.75) is 25.4 Å². The number of aromatic nitrogens is 5. The van der Waals surface area contributed by atoms with Crippen molar-refractivity contribution in [1.82, 2.24) is 24.7 Å². The lowest BCUT2D eigenvalue weighted by molar-refractivity contribution is 0.437. The van der Waals surface area contributed by atoms with Gasteiger partial charge < -0.3 is 10.3 Å². The van der Waals surface area contributed by atoms with Gasteiger partial charge in [0.25, 0.3) is 0 Å². The zero-order valence-electron chi connectivity index (χ0n) is 10.4. The molecule has 1 atom stereocenters. The third-order valence-corrected chi connectivity index (χ3v) is 3.52. The first-order chi connectivity index (χ1) is 9.40. The molecule has 0 bridgehead atoms. The Morgan fingerprint density at radius 3 is 3.21 bits per heavy atom. The summed E-state index contributed by atoms with van der Waals surface area (Å²) in [6.07, 6.45) is 3.78. The molecule has 0 saturated heterocycles. The van der Waals surface area contributed by atoms with Gasteiger partial charge in [0.2, 0.25) is 5.95 Å². The summed E-state index contributed by atoms with van der Waals surface area (Å²) in [5.41, 5.74) is 2.02. The van der Waals surface area contributed by atoms with Crippen LogP contribution in [0, 0.1) is 0 Å². The molecule has 0 aliphatic carbocycles. The molecule has 6 heteroatoms. The van der Waals surface area contributed by atoms with Crippen LogP contribution in [0.2, 0.25) is 0 Å². The largest absolute Gasteiger partial charge is 0.346 e. The summed E-state index contributed by atoms with van der Waals surface area (Å²) in [6.45, 7) is 0.952. The summed E-state index contributed by atoms with van der Waals surface area (Å²) < 4.78 is 1.96. The molecule has 0 radical (unpaired) electrons. The van der Waals surface area contributed by atoms with Gasteiger partial charge in [-0.25, -0.2) is 14.6 Å². The predicted octanol–water partition coefficient (Wildman–Crippen LogP) is 2.10. The monoisotopic (exact) mass is 254 g/mol. The number of nitrogens with one attached hydrogen (secondary N) is 2. The summed E-state index contributed by atoms with van der Waals surface area (Å²) >= 11 is 0. The van der Waals surface area contributed by atoms with Crippen molar-refractivity contribution in [2.24, 2.45) is 0 Å². The maximum Gasteiger partial charge on any atom is 0.201 e. The van der Waals surface area contributed by atoms with Crippen LogP contribution in [0.15, 0.2) is 30.6 Å². The fourth-order valence-electron chi connectivity index (χ4n) is 2.61. The molecule has 19 heavy (non-hydrogen) atoms. The quantitative estimate of drug-likeness (QED) is 0.734. The van der Waals surface area contributed by atoms with Crippen molar-refractivity contribution in [2.75, 3.05) is 5.32 Å². The Labute approximate surface area is 109 Å². The molecule has 2 N–H and O–H groups in total. The number of aryl methyl sites for hydroxylation is 1. The van der Waals surface area contributed by atoms with Crippen molar-refractivity contribution in [1.29, 1.82) is 0 Å². The second-order valence-electron chi connectivity index (χ2n) is 4.78. The van der Waals surface area contributed by atoms with E-state index in [1.807, 2.05) is 28.9 Å². The molecule has 6 nitrogen and oxygen atoms in total. The van der Waals surface area contributed by atoms with E-state index in [1.54, 1.807) is 6.33 Å². The fraction of sp³-hybridized carbons (Fsp3) is 0.308. The highest BCUT2D eigenvalue weighted by atomic mass is 15.4. The van der Waals surface area contributed by atoms with E-state index >= 15 is 0 Å². The van der Waals surface area contributed by atoms with Crippen LogP contribution in [0.25, 0.3) is 11.0 Å². The lowest BCUT2D eigenvalue weighted by Crippen LogP contribution is -2.23. The van der Waals surface area contributed by atoms with E-state index < -0.39 is 0 Å². The highest BCUT2D eigenvalue weighted by molar-refractivity contribution is 5.77. The molecular formula is C13H14N6. The standard InChI is InChI=1S/C13H14N6/c1-2-5-10-9(4-1)16-13(17-10)18-11-6-3-7-19-12(11)14-8-15-19/h1-2,4-5,8,11H,3,6-7H2,(H2,16,17,18). The molecule has 1 unspecified atom stereocenters. The SMILES string of the molecule is c1ccc2[nH]c(NC3CCCn4ncnc43)nc2c1. The number of benzene rings is 1. The van der Waals surface area contributed by atoms with E-state index in [4.69, 9.17) is 0 Å². The number of hydrogen-bond donors (Lipinski definition) is 2. The predicted molar refractivity (Wildman–Crippen MR) is 71.7 cm³/mol. The van der Waals surface area contributed by atoms with Gasteiger partial charge in [-0.2, -0.15) is 5.10 Å². The Morgan fingerprint density at radius 2 is 2.26 bits per heavy atom. The van der Waals surface area contributed by atoms with Gasteiger partial charge in [-0.15, -0.1) is 0 Å². The maximum atomic E-state index is 4.54. The second kappa shape index (κ2) is 4.08. The van der Waals surface area contributed by atoms with Crippen LogP contribution in [0.4, 0.5) is 5.95 Å². The minimum Gasteiger partial charge on any atom is -0.346 e. The molecule has 0 spiro atoms. The van der Waals surface area contributed by atoms with Crippen LogP contribution in [0.5, 0.6) is 0 Å². The molecule has 0 fully saturated rings. The number of aromatic amines is 1. The first kappa shape index (κ1) is 10.5. The summed E-state index contributed by atoms with van der Waals surface area (Å²) in [4.78, 5) is 12.2. The molecule has 1 aliphatic heterocycles. The van der Waals surface area contributed by atoms with Gasteiger partial charge in [-0.1, -0.05) is 12.1 Å². The number of nitrogens with zero attached hydrogens (tertiary/aromatic N) is 4. The van der Waals surface area contributed by atoms with Gasteiger partial charge in [0.05, 0.1) is 17.1 Å². The molecule has 1 aromatic carbocycles. The number of anilines is 1. The number of imidazole rings is 1. The van der Waals surface area contributed by atoms with E-state index in [-0.39, 0.29) is 6.04 Å². The van der Waals surface area contributed by atoms with Crippen molar-refractivity contribution in [3.05, 3.63) is 36.4 Å². The Bertz CT molecular complexity index is 680. The molecule has 1 aliphatic rings. The summed E-state index contributed by atoms with van der Waals surface area (Å²) in [5, 5.41) is 7.65. The van der Waals surface area contributed by atoms with E-state index in [0.29, 0.717) is 0 Å². The Balaban J connectivity index is 1.65. The van der Waals surface area contributed by atoms with Crippen molar-refractivity contribution >= 4 is 17.0 Å². The van der Waals surface area contributed by atoms with Crippen LogP contribution >= 0.6 is 0 Å². The highest BCUT2D eigenvalue weighted by Crippen LogP contribution is 2.26. The zero-order chi connectivity index (χ0) is 12.7. The molecule has 2 aromatic heterocycles. The molecule has 0 amide bonds. The van der Waals surface area contributed by atoms with Crippen LogP contribution < -0.4 is 5.32 Å². The Hall–Kier alpha value is -2.37. The lowest BCUT2D eigenvalue weighted by Gasteiger charge is -2.22. The molecule has 3 aromatic rings. The van der Waals surface area contributed by atoms with Crippen LogP contribution in [0.3, 0.4) is 0 Å². The van der Waals surface area contributed by atoms with Crippen LogP contribution in [-0.2, 0) is 6.54 Å². The van der Waals surface area contributed by atoms with E-state index in [1.165, 1.54) is 0 Å². The first-order valence-corrected chi connectivity index (χ1v) is 6.49. The average Bonchev–Trinajstić information content (AvgIpc) is 3.04. The van der Waals surface area contributed by atoms with Gasteiger partial charge in [0, 0.05) is 6.54 Å². The summed E-state index contributed by atoms with van der Waals surface area (Å²) in [7, 11) is 0. The molecule has 3 heterocycles. The molecule has 96 valence electrons. The highest BCUT2D eigenvalue weighted by Gasteiger charge is 2.22. The summed E-state index contributed by atoms with van der Waals surface area (Å²) in [6, 6.07) is 8.19. The third-order valence-electron chi connectivity index (χ3n) is 3.52. The van der Waals surface area contributed by atoms with Gasteiger partial charge >= 0.3 is 0 Å². The minimum absolute atomic E-state index is 0.178. The van der Waals surface area contributed by atoms with Gasteiger partial charge in [0.1, 0.15) is 12.2 Å². The number of rotatable bonds is 2. The molecule has 4 rings (SSSR count). The number of hydrogen-bond acceptors (Lipinski definition) is 4. The summed E-state index contributed by atoms with van der Waals surface area (Å²) in [5.74, 6) is 1.79. The fourth-order valence-corrected chi connectivity index (χ4v) is 2.61. The second-order valence-corrected chi connectivity index (χ2v) is 4.78. The van der Waals surface area contributed by atoms with Crippen molar-refractivity contribution in [3.63, 3.8) is 0 Å². The average molecular weight is 254 g/mol. The normalized spacial score (nSPS) is 18.4. The van der Waals surface area contributed by atoms with Gasteiger partial charge in [0.15, 0.2) is 0 Å². The van der Waals surface area contributed by atoms with Crippen LogP contribution in [-0.4, -0.2) is 24.7 Å². The Kier molecular flexibility index (Phi) is 2.26. The van der Waals surface area contributed by atoms with E-state index in [2.05, 4.69) is 25.4 Å². The smallest absolute Gasteiger partial charge is 0.201 e. The number of H-pyrrole nitrogens is 1. The van der Waals surface area contributed by atoms with Crippen molar-refractivity contribution in [3.8, 4) is 0 Å². The van der Waals surface area contributed by atoms with E-state index in [0.717, 1.165) is 42.2 Å². The van der Waals surface area contributed by atoms with Gasteiger partial charge in [-0.3, -0.25) is 0 Å². The number of fused-ring (bicyclic) bond motifs is 2. The van der Waals surface area contributed by atoms with E-state index in [9.17, 15) is 0 Å². The lowest BCUT2D eigenvalue weighted by atomic mass is 10.1. The Morgan fingerprint density at radius 1 is 1.32 bits per heavy atom. The maximum absolute atomic E-state index is 4.54.